The zero-order chi connectivity index (χ0) is 19.3. The van der Waals surface area contributed by atoms with Gasteiger partial charge in [0.05, 0.1) is 15.7 Å². The fraction of sp³-hybridized carbons (Fsp3) is 0.105. The highest BCUT2D eigenvalue weighted by molar-refractivity contribution is 7.84. The van der Waals surface area contributed by atoms with E-state index in [1.807, 2.05) is 49.4 Å². The van der Waals surface area contributed by atoms with Crippen LogP contribution in [-0.4, -0.2) is 25.2 Å². The summed E-state index contributed by atoms with van der Waals surface area (Å²) in [4.78, 5) is 12.2. The minimum Gasteiger partial charge on any atom is -0.748 e. The zero-order valence-corrected chi connectivity index (χ0v) is 15.1. The van der Waals surface area contributed by atoms with Crippen LogP contribution in [0.4, 0.5) is 5.69 Å². The molecule has 0 aliphatic heterocycles. The third-order valence-electron chi connectivity index (χ3n) is 3.36. The molecule has 3 aromatic rings. The van der Waals surface area contributed by atoms with Crippen molar-refractivity contribution >= 4 is 32.5 Å². The number of carbonyl (C=O) groups excluding carboxylic acids is 1. The Morgan fingerprint density at radius 1 is 1.00 bits per heavy atom. The molecular formula is C19H18NO5S-. The number of esters is 1. The van der Waals surface area contributed by atoms with Crippen LogP contribution in [0, 0.1) is 6.92 Å². The zero-order valence-electron chi connectivity index (χ0n) is 14.3. The van der Waals surface area contributed by atoms with Crippen molar-refractivity contribution in [2.75, 3.05) is 12.0 Å². The number of fused-ring (bicyclic) bond motifs is 1. The molecule has 0 aromatic heterocycles. The molecule has 0 aliphatic rings. The average Bonchev–Trinajstić information content (AvgIpc) is 2.55. The molecule has 0 atom stereocenters. The number of aryl methyl sites for hydroxylation is 1. The lowest BCUT2D eigenvalue weighted by atomic mass is 10.1. The fourth-order valence-corrected chi connectivity index (χ4v) is 2.24. The van der Waals surface area contributed by atoms with Gasteiger partial charge in [0.15, 0.2) is 0 Å². The normalized spacial score (nSPS) is 10.7. The average molecular weight is 372 g/mol. The van der Waals surface area contributed by atoms with Gasteiger partial charge in [-0.15, -0.1) is 0 Å². The Bertz CT molecular complexity index is 1040. The van der Waals surface area contributed by atoms with Crippen molar-refractivity contribution in [3.05, 3.63) is 71.8 Å². The van der Waals surface area contributed by atoms with Crippen LogP contribution in [0.3, 0.4) is 0 Å². The maximum Gasteiger partial charge on any atom is 0.345 e. The topological polar surface area (TPSA) is 110 Å². The van der Waals surface area contributed by atoms with Crippen LogP contribution in [-0.2, 0) is 10.1 Å². The molecule has 0 unspecified atom stereocenters. The quantitative estimate of drug-likeness (QED) is 0.320. The van der Waals surface area contributed by atoms with Gasteiger partial charge in [-0.25, -0.2) is 13.2 Å². The van der Waals surface area contributed by atoms with Gasteiger partial charge in [-0.3, -0.25) is 0 Å². The van der Waals surface area contributed by atoms with Gasteiger partial charge in [-0.05, 0) is 42.0 Å². The Hall–Kier alpha value is -2.90. The van der Waals surface area contributed by atoms with Crippen molar-refractivity contribution in [1.82, 2.24) is 0 Å². The molecule has 7 heteroatoms. The van der Waals surface area contributed by atoms with Gasteiger partial charge in [-0.1, -0.05) is 42.0 Å². The first-order valence-electron chi connectivity index (χ1n) is 7.61. The second kappa shape index (κ2) is 7.99. The van der Waals surface area contributed by atoms with Gasteiger partial charge in [0.1, 0.15) is 5.75 Å². The predicted molar refractivity (Wildman–Crippen MR) is 100 cm³/mol. The Morgan fingerprint density at radius 2 is 1.62 bits per heavy atom. The largest absolute Gasteiger partial charge is 0.748 e. The number of hydrogen-bond donors (Lipinski definition) is 1. The first-order valence-corrected chi connectivity index (χ1v) is 9.43. The minimum absolute atomic E-state index is 0.392. The van der Waals surface area contributed by atoms with Crippen LogP contribution in [0.1, 0.15) is 15.9 Å². The molecule has 136 valence electrons. The van der Waals surface area contributed by atoms with E-state index in [4.69, 9.17) is 23.4 Å². The number of ether oxygens (including phenoxy) is 1. The lowest BCUT2D eigenvalue weighted by molar-refractivity contribution is 0.0736. The van der Waals surface area contributed by atoms with E-state index in [2.05, 4.69) is 0 Å². The summed E-state index contributed by atoms with van der Waals surface area (Å²) in [6, 6.07) is 18.8. The summed E-state index contributed by atoms with van der Waals surface area (Å²) in [6.07, 6.45) is 0.604. The molecule has 0 heterocycles. The fourth-order valence-electron chi connectivity index (χ4n) is 2.24. The molecule has 0 fully saturated rings. The van der Waals surface area contributed by atoms with Crippen LogP contribution < -0.4 is 10.5 Å². The number of hydrogen-bond acceptors (Lipinski definition) is 6. The number of nitrogen functional groups attached to an aromatic ring is 1. The van der Waals surface area contributed by atoms with E-state index >= 15 is 0 Å². The van der Waals surface area contributed by atoms with Crippen molar-refractivity contribution < 1.29 is 22.5 Å². The summed E-state index contributed by atoms with van der Waals surface area (Å²) in [6.45, 7) is 1.91. The standard InChI is InChI=1S/C18H15NO2.CH4O3S/c1-12-6-9-17(19)16(10-12)18(20)21-15-8-7-13-4-2-3-5-14(13)11-15;1-5(2,3)4/h2-11H,19H2,1H3;1H3,(H,2,3,4)/p-1. The second-order valence-electron chi connectivity index (χ2n) is 5.69. The number of rotatable bonds is 2. The lowest BCUT2D eigenvalue weighted by Gasteiger charge is -2.08. The number of carbonyl (C=O) groups is 1. The van der Waals surface area contributed by atoms with Gasteiger partial charge >= 0.3 is 5.97 Å². The van der Waals surface area contributed by atoms with Crippen LogP contribution in [0.2, 0.25) is 0 Å². The summed E-state index contributed by atoms with van der Waals surface area (Å²) in [5.41, 5.74) is 7.62. The summed E-state index contributed by atoms with van der Waals surface area (Å²) in [5, 5.41) is 2.13. The van der Waals surface area contributed by atoms with E-state index < -0.39 is 16.1 Å². The minimum atomic E-state index is -3.92. The van der Waals surface area contributed by atoms with Gasteiger partial charge in [0.2, 0.25) is 0 Å². The highest BCUT2D eigenvalue weighted by Crippen LogP contribution is 2.22. The molecule has 3 aromatic carbocycles. The molecular weight excluding hydrogens is 354 g/mol. The smallest absolute Gasteiger partial charge is 0.345 e. The van der Waals surface area contributed by atoms with Crippen molar-refractivity contribution in [1.29, 1.82) is 0 Å². The van der Waals surface area contributed by atoms with E-state index in [0.29, 0.717) is 23.3 Å². The summed E-state index contributed by atoms with van der Waals surface area (Å²) in [5.74, 6) is 0.0751. The maximum absolute atomic E-state index is 12.2. The molecule has 0 spiro atoms. The Morgan fingerprint density at radius 3 is 2.27 bits per heavy atom. The molecule has 6 nitrogen and oxygen atoms in total. The molecule has 0 bridgehead atoms. The molecule has 0 amide bonds. The summed E-state index contributed by atoms with van der Waals surface area (Å²) >= 11 is 0. The monoisotopic (exact) mass is 372 g/mol. The Balaban J connectivity index is 0.000000431. The molecule has 2 N–H and O–H groups in total. The van der Waals surface area contributed by atoms with Crippen molar-refractivity contribution in [3.63, 3.8) is 0 Å². The van der Waals surface area contributed by atoms with Crippen molar-refractivity contribution in [2.24, 2.45) is 0 Å². The highest BCUT2D eigenvalue weighted by atomic mass is 32.2. The van der Waals surface area contributed by atoms with Gasteiger partial charge < -0.3 is 15.0 Å². The highest BCUT2D eigenvalue weighted by Gasteiger charge is 2.12. The third-order valence-corrected chi connectivity index (χ3v) is 3.36. The van der Waals surface area contributed by atoms with E-state index in [1.165, 1.54) is 0 Å². The van der Waals surface area contributed by atoms with E-state index in [0.717, 1.165) is 16.3 Å². The Labute approximate surface area is 152 Å². The van der Waals surface area contributed by atoms with Crippen molar-refractivity contribution in [3.8, 4) is 5.75 Å². The van der Waals surface area contributed by atoms with E-state index in [9.17, 15) is 4.79 Å². The van der Waals surface area contributed by atoms with E-state index in [-0.39, 0.29) is 0 Å². The maximum atomic E-state index is 12.2. The SMILES string of the molecule is CS(=O)(=O)[O-].Cc1ccc(N)c(C(=O)Oc2ccc3ccccc3c2)c1. The van der Waals surface area contributed by atoms with E-state index in [1.54, 1.807) is 18.2 Å². The van der Waals surface area contributed by atoms with Gasteiger partial charge in [-0.2, -0.15) is 0 Å². The lowest BCUT2D eigenvalue weighted by Crippen LogP contribution is -2.11. The first-order chi connectivity index (χ1) is 12.1. The molecule has 26 heavy (non-hydrogen) atoms. The van der Waals surface area contributed by atoms with Gasteiger partial charge in [0, 0.05) is 11.9 Å². The number of anilines is 1. The second-order valence-corrected chi connectivity index (χ2v) is 7.10. The Kier molecular flexibility index (Phi) is 5.97. The molecule has 0 saturated heterocycles. The van der Waals surface area contributed by atoms with Gasteiger partial charge in [0.25, 0.3) is 0 Å². The number of nitrogens with two attached hydrogens (primary N) is 1. The van der Waals surface area contributed by atoms with Crippen LogP contribution in [0.25, 0.3) is 10.8 Å². The van der Waals surface area contributed by atoms with Crippen LogP contribution >= 0.6 is 0 Å². The van der Waals surface area contributed by atoms with Crippen LogP contribution in [0.15, 0.2) is 60.7 Å². The molecule has 0 radical (unpaired) electrons. The molecule has 0 saturated carbocycles. The van der Waals surface area contributed by atoms with Crippen LogP contribution in [0.5, 0.6) is 5.75 Å². The first kappa shape index (κ1) is 19.4. The molecule has 3 rings (SSSR count). The number of benzene rings is 3. The molecule has 0 aliphatic carbocycles. The third kappa shape index (κ3) is 5.87. The summed E-state index contributed by atoms with van der Waals surface area (Å²) in [7, 11) is -3.92. The predicted octanol–water partition coefficient (Wildman–Crippen LogP) is 3.11. The summed E-state index contributed by atoms with van der Waals surface area (Å²) < 4.78 is 32.7. The van der Waals surface area contributed by atoms with Crippen molar-refractivity contribution in [2.45, 2.75) is 6.92 Å².